The maximum absolute atomic E-state index is 5.94. The highest BCUT2D eigenvalue weighted by Gasteiger charge is 2.41. The van der Waals surface area contributed by atoms with Crippen molar-refractivity contribution in [1.82, 2.24) is 15.5 Å². The zero-order valence-corrected chi connectivity index (χ0v) is 18.5. The second kappa shape index (κ2) is 10.3. The van der Waals surface area contributed by atoms with Crippen LogP contribution in [0.25, 0.3) is 0 Å². The summed E-state index contributed by atoms with van der Waals surface area (Å²) in [5.41, 5.74) is 0. The summed E-state index contributed by atoms with van der Waals surface area (Å²) in [7, 11) is 0. The van der Waals surface area contributed by atoms with Crippen LogP contribution in [-0.4, -0.2) is 61.8 Å². The van der Waals surface area contributed by atoms with Gasteiger partial charge >= 0.3 is 0 Å². The average molecular weight is 464 g/mol. The van der Waals surface area contributed by atoms with Crippen molar-refractivity contribution in [2.75, 3.05) is 32.7 Å². The van der Waals surface area contributed by atoms with E-state index in [9.17, 15) is 0 Å². The third kappa shape index (κ3) is 6.24. The van der Waals surface area contributed by atoms with Crippen molar-refractivity contribution >= 4 is 29.9 Å². The molecule has 2 bridgehead atoms. The van der Waals surface area contributed by atoms with Crippen LogP contribution in [-0.2, 0) is 4.74 Å². The Labute approximate surface area is 170 Å². The van der Waals surface area contributed by atoms with E-state index in [2.05, 4.69) is 36.3 Å². The zero-order valence-electron chi connectivity index (χ0n) is 16.2. The van der Waals surface area contributed by atoms with Gasteiger partial charge in [0.05, 0.1) is 18.2 Å². The van der Waals surface area contributed by atoms with Crippen molar-refractivity contribution < 1.29 is 4.74 Å². The zero-order chi connectivity index (χ0) is 16.9. The van der Waals surface area contributed by atoms with Gasteiger partial charge in [-0.15, -0.1) is 24.0 Å². The van der Waals surface area contributed by atoms with E-state index >= 15 is 0 Å². The highest BCUT2D eigenvalue weighted by molar-refractivity contribution is 14.0. The largest absolute Gasteiger partial charge is 0.373 e. The summed E-state index contributed by atoms with van der Waals surface area (Å²) in [6.07, 6.45) is 6.99. The number of fused-ring (bicyclic) bond motifs is 2. The molecule has 5 atom stereocenters. The van der Waals surface area contributed by atoms with Crippen molar-refractivity contribution in [3.05, 3.63) is 0 Å². The van der Waals surface area contributed by atoms with E-state index in [1.165, 1.54) is 38.9 Å². The van der Waals surface area contributed by atoms with Crippen molar-refractivity contribution in [2.45, 2.75) is 71.1 Å². The van der Waals surface area contributed by atoms with Crippen molar-refractivity contribution in [3.8, 4) is 0 Å². The van der Waals surface area contributed by atoms with E-state index in [0.717, 1.165) is 43.7 Å². The third-order valence-corrected chi connectivity index (χ3v) is 5.62. The normalized spacial score (nSPS) is 35.5. The molecule has 3 heterocycles. The lowest BCUT2D eigenvalue weighted by molar-refractivity contribution is 0.0992. The number of aliphatic imine (C=N–C) groups is 1. The molecule has 2 N–H and O–H groups in total. The molecule has 0 radical (unpaired) electrons. The Morgan fingerprint density at radius 3 is 2.52 bits per heavy atom. The van der Waals surface area contributed by atoms with Gasteiger partial charge in [0.25, 0.3) is 0 Å². The molecule has 3 aliphatic heterocycles. The van der Waals surface area contributed by atoms with Gasteiger partial charge in [-0.3, -0.25) is 4.99 Å². The number of hydrogen-bond donors (Lipinski definition) is 2. The lowest BCUT2D eigenvalue weighted by atomic mass is 9.92. The summed E-state index contributed by atoms with van der Waals surface area (Å²) < 4.78 is 5.94. The number of hydrogen-bond acceptors (Lipinski definition) is 3. The summed E-state index contributed by atoms with van der Waals surface area (Å²) >= 11 is 0. The minimum absolute atomic E-state index is 0. The predicted molar refractivity (Wildman–Crippen MR) is 115 cm³/mol. The van der Waals surface area contributed by atoms with Gasteiger partial charge in [0.2, 0.25) is 0 Å². The van der Waals surface area contributed by atoms with Crippen molar-refractivity contribution in [2.24, 2.45) is 16.8 Å². The molecule has 3 rings (SSSR count). The minimum Gasteiger partial charge on any atom is -0.373 e. The SMILES string of the molecule is CCNC(=NCCCN1CC(C)CC(C)C1)NC1CC2CCC1O2.I. The fourth-order valence-corrected chi connectivity index (χ4v) is 4.75. The first-order chi connectivity index (χ1) is 11.6. The Bertz CT molecular complexity index is 424. The lowest BCUT2D eigenvalue weighted by Gasteiger charge is -2.34. The van der Waals surface area contributed by atoms with E-state index in [-0.39, 0.29) is 24.0 Å². The number of ether oxygens (including phenoxy) is 1. The molecule has 0 aromatic rings. The van der Waals surface area contributed by atoms with Gasteiger partial charge < -0.3 is 20.3 Å². The summed E-state index contributed by atoms with van der Waals surface area (Å²) in [5, 5.41) is 6.99. The van der Waals surface area contributed by atoms with Gasteiger partial charge in [0.15, 0.2) is 5.96 Å². The van der Waals surface area contributed by atoms with Crippen LogP contribution in [0, 0.1) is 11.8 Å². The van der Waals surface area contributed by atoms with Gasteiger partial charge in [-0.2, -0.15) is 0 Å². The molecule has 3 fully saturated rings. The van der Waals surface area contributed by atoms with Gasteiger partial charge in [-0.05, 0) is 57.4 Å². The number of nitrogens with one attached hydrogen (secondary N) is 2. The fraction of sp³-hybridized carbons (Fsp3) is 0.947. The molecular formula is C19H37IN4O. The van der Waals surface area contributed by atoms with E-state index in [1.807, 2.05) is 0 Å². The summed E-state index contributed by atoms with van der Waals surface area (Å²) in [6, 6.07) is 0.449. The molecule has 0 aromatic carbocycles. The van der Waals surface area contributed by atoms with E-state index in [0.29, 0.717) is 18.2 Å². The summed E-state index contributed by atoms with van der Waals surface area (Å²) in [4.78, 5) is 7.42. The van der Waals surface area contributed by atoms with Crippen LogP contribution >= 0.6 is 24.0 Å². The summed E-state index contributed by atoms with van der Waals surface area (Å²) in [5.74, 6) is 2.65. The quantitative estimate of drug-likeness (QED) is 0.275. The molecule has 146 valence electrons. The third-order valence-electron chi connectivity index (χ3n) is 5.62. The van der Waals surface area contributed by atoms with E-state index in [4.69, 9.17) is 9.73 Å². The fourth-order valence-electron chi connectivity index (χ4n) is 4.75. The van der Waals surface area contributed by atoms with Crippen molar-refractivity contribution in [1.29, 1.82) is 0 Å². The van der Waals surface area contributed by atoms with Crippen LogP contribution in [0.2, 0.25) is 0 Å². The lowest BCUT2D eigenvalue weighted by Crippen LogP contribution is -2.47. The van der Waals surface area contributed by atoms with Crippen LogP contribution in [0.4, 0.5) is 0 Å². The van der Waals surface area contributed by atoms with Gasteiger partial charge in [0.1, 0.15) is 0 Å². The van der Waals surface area contributed by atoms with Crippen LogP contribution in [0.3, 0.4) is 0 Å². The van der Waals surface area contributed by atoms with Crippen LogP contribution in [0.1, 0.15) is 52.9 Å². The van der Waals surface area contributed by atoms with Crippen LogP contribution in [0.5, 0.6) is 0 Å². The first-order valence-corrected chi connectivity index (χ1v) is 10.1. The van der Waals surface area contributed by atoms with Crippen molar-refractivity contribution in [3.63, 3.8) is 0 Å². The number of halogens is 1. The van der Waals surface area contributed by atoms with Gasteiger partial charge in [0, 0.05) is 26.2 Å². The monoisotopic (exact) mass is 464 g/mol. The molecule has 0 aromatic heterocycles. The Hall–Kier alpha value is -0.0800. The van der Waals surface area contributed by atoms with Gasteiger partial charge in [-0.1, -0.05) is 13.8 Å². The molecule has 25 heavy (non-hydrogen) atoms. The highest BCUT2D eigenvalue weighted by atomic mass is 127. The average Bonchev–Trinajstić information content (AvgIpc) is 3.13. The highest BCUT2D eigenvalue weighted by Crippen LogP contribution is 2.34. The number of rotatable bonds is 6. The van der Waals surface area contributed by atoms with E-state index < -0.39 is 0 Å². The first kappa shape index (κ1) is 21.2. The molecule has 3 aliphatic rings. The molecule has 0 aliphatic carbocycles. The second-order valence-electron chi connectivity index (χ2n) is 8.18. The van der Waals surface area contributed by atoms with Crippen LogP contribution in [0.15, 0.2) is 4.99 Å². The second-order valence-corrected chi connectivity index (χ2v) is 8.18. The van der Waals surface area contributed by atoms with Gasteiger partial charge in [-0.25, -0.2) is 0 Å². The topological polar surface area (TPSA) is 48.9 Å². The molecular weight excluding hydrogens is 427 g/mol. The smallest absolute Gasteiger partial charge is 0.191 e. The molecule has 0 saturated carbocycles. The van der Waals surface area contributed by atoms with E-state index in [1.54, 1.807) is 0 Å². The molecule has 6 heteroatoms. The first-order valence-electron chi connectivity index (χ1n) is 10.1. The maximum Gasteiger partial charge on any atom is 0.191 e. The van der Waals surface area contributed by atoms with Crippen LogP contribution < -0.4 is 10.6 Å². The Morgan fingerprint density at radius 1 is 1.16 bits per heavy atom. The molecule has 5 nitrogen and oxygen atoms in total. The molecule has 0 spiro atoms. The number of piperidine rings is 1. The predicted octanol–water partition coefficient (Wildman–Crippen LogP) is 2.85. The number of nitrogens with zero attached hydrogens (tertiary/aromatic N) is 2. The Kier molecular flexibility index (Phi) is 8.75. The molecule has 3 saturated heterocycles. The Morgan fingerprint density at radius 2 is 1.92 bits per heavy atom. The number of guanidine groups is 1. The molecule has 5 unspecified atom stereocenters. The standard InChI is InChI=1S/C19H36N4O.HI/c1-4-20-19(22-17-11-16-6-7-18(17)24-16)21-8-5-9-23-12-14(2)10-15(3)13-23;/h14-18H,4-13H2,1-3H3,(H2,20,21,22);1H. The minimum atomic E-state index is 0. The maximum atomic E-state index is 5.94. The summed E-state index contributed by atoms with van der Waals surface area (Å²) in [6.45, 7) is 12.4. The Balaban J connectivity index is 0.00000225. The molecule has 0 amide bonds. The number of likely N-dealkylation sites (tertiary alicyclic amines) is 1.